The smallest absolute Gasteiger partial charge is 0.387 e. The van der Waals surface area contributed by atoms with E-state index < -0.39 is 117 Å². The molecule has 43 heavy (non-hydrogen) atoms. The quantitative estimate of drug-likeness (QED) is 0.0816. The molecule has 1 aliphatic heterocycles. The van der Waals surface area contributed by atoms with Gasteiger partial charge in [-0.3, -0.25) is 24.2 Å². The molecule has 3 atom stereocenters. The van der Waals surface area contributed by atoms with Gasteiger partial charge in [0.2, 0.25) is 0 Å². The van der Waals surface area contributed by atoms with Gasteiger partial charge in [0.1, 0.15) is 6.54 Å². The molecule has 1 fully saturated rings. The van der Waals surface area contributed by atoms with Crippen molar-refractivity contribution in [3.8, 4) is 0 Å². The molecule has 0 radical (unpaired) electrons. The van der Waals surface area contributed by atoms with Gasteiger partial charge in [-0.05, 0) is 0 Å². The summed E-state index contributed by atoms with van der Waals surface area (Å²) >= 11 is 0. The van der Waals surface area contributed by atoms with E-state index in [9.17, 15) is 58.5 Å². The molecule has 23 heteroatoms. The van der Waals surface area contributed by atoms with Gasteiger partial charge in [-0.25, -0.2) is 58.1 Å². The molecule has 0 amide bonds. The van der Waals surface area contributed by atoms with Crippen LogP contribution in [0, 0.1) is 0 Å². The molecule has 0 spiro atoms. The van der Waals surface area contributed by atoms with Crippen molar-refractivity contribution in [2.24, 2.45) is 0 Å². The molecule has 0 bridgehead atoms. The molecule has 1 rings (SSSR count). The normalized spacial score (nSPS) is 21.3. The van der Waals surface area contributed by atoms with Crippen molar-refractivity contribution >= 4 is 53.7 Å². The van der Waals surface area contributed by atoms with Crippen molar-refractivity contribution in [2.75, 3.05) is 39.3 Å². The van der Waals surface area contributed by atoms with E-state index in [1.54, 1.807) is 0 Å². The number of aliphatic hydroxyl groups is 3. The summed E-state index contributed by atoms with van der Waals surface area (Å²) in [4.78, 5) is 130. The van der Waals surface area contributed by atoms with Gasteiger partial charge in [-0.1, -0.05) is 0 Å². The number of aliphatic carboxylic acids is 3. The monoisotopic (exact) mass is 628 g/mol. The Morgan fingerprint density at radius 2 is 1.12 bits per heavy atom. The Bertz CT molecular complexity index is 1110. The molecule has 23 nitrogen and oxygen atoms in total. The Morgan fingerprint density at radius 3 is 1.58 bits per heavy atom. The first kappa shape index (κ1) is 36.1. The summed E-state index contributed by atoms with van der Waals surface area (Å²) in [5.41, 5.74) is -3.32. The van der Waals surface area contributed by atoms with E-state index in [0.717, 1.165) is 9.80 Å². The van der Waals surface area contributed by atoms with Gasteiger partial charge in [0.05, 0.1) is 32.5 Å². The first-order valence-corrected chi connectivity index (χ1v) is 11.4. The van der Waals surface area contributed by atoms with Crippen molar-refractivity contribution in [2.45, 2.75) is 30.7 Å². The number of nitrogens with zero attached hydrogens (tertiary/aromatic N) is 2. The number of hydrogen-bond acceptors (Lipinski definition) is 20. The van der Waals surface area contributed by atoms with Gasteiger partial charge in [0, 0.05) is 13.1 Å². The lowest BCUT2D eigenvalue weighted by Gasteiger charge is -2.24. The molecule has 1 aliphatic rings. The molecule has 1 saturated heterocycles. The Hall–Kier alpha value is -4.97. The van der Waals surface area contributed by atoms with Crippen LogP contribution in [0.15, 0.2) is 0 Å². The molecule has 1 heterocycles. The zero-order valence-electron chi connectivity index (χ0n) is 21.5. The fraction of sp³-hybridized carbons (Fsp3) is 0.550. The lowest BCUT2D eigenvalue weighted by Crippen LogP contribution is -2.48. The zero-order valence-corrected chi connectivity index (χ0v) is 21.5. The second kappa shape index (κ2) is 16.5. The van der Waals surface area contributed by atoms with Crippen LogP contribution in [-0.4, -0.2) is 151 Å². The van der Waals surface area contributed by atoms with Crippen LogP contribution < -0.4 is 0 Å². The summed E-state index contributed by atoms with van der Waals surface area (Å²) in [5, 5.41) is 56.1. The van der Waals surface area contributed by atoms with Gasteiger partial charge in [0.25, 0.3) is 0 Å². The maximum absolute atomic E-state index is 12.2. The summed E-state index contributed by atoms with van der Waals surface area (Å²) in [6.07, 6.45) is -8.55. The van der Waals surface area contributed by atoms with E-state index in [1.807, 2.05) is 0 Å². The van der Waals surface area contributed by atoms with Crippen LogP contribution in [0.2, 0.25) is 0 Å². The summed E-state index contributed by atoms with van der Waals surface area (Å²) in [6, 6.07) is 0. The van der Waals surface area contributed by atoms with Gasteiger partial charge in [-0.15, -0.1) is 0 Å². The predicted octanol–water partition coefficient (Wildman–Crippen LogP) is -5.90. The van der Waals surface area contributed by atoms with Crippen molar-refractivity contribution in [3.63, 3.8) is 0 Å². The summed E-state index contributed by atoms with van der Waals surface area (Å²) < 4.78 is 0. The number of hydrogen-bond donors (Lipinski definition) is 6. The van der Waals surface area contributed by atoms with E-state index in [0.29, 0.717) is 0 Å². The molecule has 0 aromatic carbocycles. The van der Waals surface area contributed by atoms with E-state index in [-0.39, 0.29) is 6.54 Å². The van der Waals surface area contributed by atoms with Crippen LogP contribution >= 0.6 is 0 Å². The van der Waals surface area contributed by atoms with E-state index in [4.69, 9.17) is 15.3 Å². The van der Waals surface area contributed by atoms with Crippen molar-refractivity contribution in [1.29, 1.82) is 0 Å². The number of rotatable bonds is 13. The van der Waals surface area contributed by atoms with Crippen LogP contribution in [0.3, 0.4) is 0 Å². The van der Waals surface area contributed by atoms with E-state index in [2.05, 4.69) is 29.3 Å². The highest BCUT2D eigenvalue weighted by Gasteiger charge is 2.47. The highest BCUT2D eigenvalue weighted by Crippen LogP contribution is 2.21. The van der Waals surface area contributed by atoms with Crippen LogP contribution in [0.25, 0.3) is 0 Å². The van der Waals surface area contributed by atoms with Crippen LogP contribution in [0.1, 0.15) is 12.8 Å². The first-order valence-electron chi connectivity index (χ1n) is 11.4. The fourth-order valence-electron chi connectivity index (χ4n) is 2.93. The average molecular weight is 628 g/mol. The molecule has 240 valence electrons. The number of aliphatic hydroxyl groups excluding tert-OH is 2. The average Bonchev–Trinajstić information content (AvgIpc) is 2.89. The molecule has 0 saturated carbocycles. The topological polar surface area (TPSA) is 337 Å². The molecular weight excluding hydrogens is 604 g/mol. The van der Waals surface area contributed by atoms with Gasteiger partial charge < -0.3 is 30.6 Å². The lowest BCUT2D eigenvalue weighted by molar-refractivity contribution is -0.290. The molecule has 0 aliphatic carbocycles. The second-order valence-corrected chi connectivity index (χ2v) is 8.42. The summed E-state index contributed by atoms with van der Waals surface area (Å²) in [5.74, 6) is -15.2. The van der Waals surface area contributed by atoms with Crippen molar-refractivity contribution in [1.82, 2.24) is 9.80 Å². The van der Waals surface area contributed by atoms with Crippen LogP contribution in [0.5, 0.6) is 0 Å². The third kappa shape index (κ3) is 13.0. The van der Waals surface area contributed by atoms with Crippen LogP contribution in [-0.2, 0) is 72.5 Å². The highest BCUT2D eigenvalue weighted by molar-refractivity contribution is 5.91. The molecular formula is C20H24N2O21. The number of carbonyl (C=O) groups is 9. The number of carboxylic acid groups (broad SMARTS) is 3. The van der Waals surface area contributed by atoms with E-state index >= 15 is 0 Å². The van der Waals surface area contributed by atoms with Gasteiger partial charge in [-0.2, -0.15) is 0 Å². The minimum atomic E-state index is -3.32. The maximum Gasteiger partial charge on any atom is 0.387 e. The molecule has 0 aromatic rings. The predicted molar refractivity (Wildman–Crippen MR) is 119 cm³/mol. The number of carboxylic acids is 3. The summed E-state index contributed by atoms with van der Waals surface area (Å²) in [6.45, 7) is -3.99. The largest absolute Gasteiger partial charge is 0.480 e. The van der Waals surface area contributed by atoms with Crippen LogP contribution in [0.4, 0.5) is 0 Å². The molecule has 3 unspecified atom stereocenters. The summed E-state index contributed by atoms with van der Waals surface area (Å²) in [7, 11) is 0. The van der Waals surface area contributed by atoms with Crippen molar-refractivity contribution in [3.05, 3.63) is 0 Å². The Morgan fingerprint density at radius 1 is 0.698 bits per heavy atom. The maximum atomic E-state index is 12.2. The Balaban J connectivity index is 2.85. The number of carbonyl (C=O) groups excluding carboxylic acids is 6. The standard InChI is InChI=1S/C20H24N2O21/c23-9(24)5-21(6-10(25)26)1-2-22(7-11(27)28)8-14(31)40-38-12(29)3-20(37)4-13(30)39-41-17(34)15(32)16(33)18(35)42-43-19(20)36/h15-16,32-33,37H,1-8H2,(H,23,24)(H,25,26)(H,27,28). The van der Waals surface area contributed by atoms with Crippen molar-refractivity contribution < 1.29 is 103 Å². The third-order valence-electron chi connectivity index (χ3n) is 4.84. The van der Waals surface area contributed by atoms with Gasteiger partial charge >= 0.3 is 53.7 Å². The SMILES string of the molecule is O=C(O)CN(CCN(CC(=O)O)CC(=O)OOC(=O)CC1(O)CC(=O)OOC(=O)C(O)C(O)C(=O)OOC1=O)CC(=O)O. The first-order chi connectivity index (χ1) is 19.9. The van der Waals surface area contributed by atoms with Gasteiger partial charge in [0.15, 0.2) is 17.8 Å². The minimum absolute atomic E-state index is 0.347. The fourth-order valence-corrected chi connectivity index (χ4v) is 2.93. The van der Waals surface area contributed by atoms with E-state index in [1.165, 1.54) is 0 Å². The lowest BCUT2D eigenvalue weighted by atomic mass is 9.96. The minimum Gasteiger partial charge on any atom is -0.480 e. The highest BCUT2D eigenvalue weighted by atomic mass is 17.2. The Kier molecular flexibility index (Phi) is 13.8. The molecule has 0 aromatic heterocycles. The third-order valence-corrected chi connectivity index (χ3v) is 4.84. The molecule has 6 N–H and O–H groups in total. The second-order valence-electron chi connectivity index (χ2n) is 8.42. The Labute approximate surface area is 237 Å². The zero-order chi connectivity index (χ0) is 32.9.